The van der Waals surface area contributed by atoms with Gasteiger partial charge in [0.15, 0.2) is 0 Å². The van der Waals surface area contributed by atoms with Crippen LogP contribution in [-0.4, -0.2) is 44.3 Å². The van der Waals surface area contributed by atoms with Crippen LogP contribution in [0.25, 0.3) is 0 Å². The molecule has 1 heterocycles. The van der Waals surface area contributed by atoms with Crippen LogP contribution in [0.4, 0.5) is 13.2 Å². The summed E-state index contributed by atoms with van der Waals surface area (Å²) in [6, 6.07) is 2.09. The fourth-order valence-corrected chi connectivity index (χ4v) is 2.20. The Morgan fingerprint density at radius 2 is 2.06 bits per heavy atom. The number of rotatable bonds is 8. The molecule has 1 aromatic rings. The van der Waals surface area contributed by atoms with E-state index in [9.17, 15) is 13.2 Å². The van der Waals surface area contributed by atoms with Crippen molar-refractivity contribution in [3.63, 3.8) is 0 Å². The molecule has 18 heavy (non-hydrogen) atoms. The van der Waals surface area contributed by atoms with Gasteiger partial charge in [-0.3, -0.25) is 0 Å². The molecule has 2 nitrogen and oxygen atoms in total. The van der Waals surface area contributed by atoms with Crippen molar-refractivity contribution < 1.29 is 13.2 Å². The zero-order valence-corrected chi connectivity index (χ0v) is 11.3. The molecule has 0 atom stereocenters. The zero-order chi connectivity index (χ0) is 13.4. The number of likely N-dealkylation sites (N-methyl/N-ethyl adjacent to an activating group) is 1. The van der Waals surface area contributed by atoms with Crippen molar-refractivity contribution in [3.8, 4) is 0 Å². The molecule has 1 N–H and O–H groups in total. The summed E-state index contributed by atoms with van der Waals surface area (Å²) in [5.41, 5.74) is 1.30. The minimum atomic E-state index is -4.05. The van der Waals surface area contributed by atoms with Gasteiger partial charge >= 0.3 is 6.18 Å². The van der Waals surface area contributed by atoms with E-state index in [0.717, 1.165) is 19.5 Å². The summed E-state index contributed by atoms with van der Waals surface area (Å²) in [6.45, 7) is 2.29. The number of hydrogen-bond donors (Lipinski definition) is 1. The van der Waals surface area contributed by atoms with Crippen molar-refractivity contribution in [2.75, 3.05) is 33.2 Å². The van der Waals surface area contributed by atoms with Crippen LogP contribution in [0.2, 0.25) is 0 Å². The summed E-state index contributed by atoms with van der Waals surface area (Å²) in [4.78, 5) is 1.70. The molecule has 0 radical (unpaired) electrons. The van der Waals surface area contributed by atoms with Crippen LogP contribution in [0.1, 0.15) is 12.0 Å². The van der Waals surface area contributed by atoms with Crippen molar-refractivity contribution in [1.29, 1.82) is 0 Å². The molecule has 0 bridgehead atoms. The molecular weight excluding hydrogens is 261 g/mol. The van der Waals surface area contributed by atoms with Crippen LogP contribution >= 0.6 is 11.3 Å². The molecule has 0 unspecified atom stereocenters. The summed E-state index contributed by atoms with van der Waals surface area (Å²) in [7, 11) is 1.71. The number of hydrogen-bond acceptors (Lipinski definition) is 3. The smallest absolute Gasteiger partial charge is 0.315 e. The first-order valence-corrected chi connectivity index (χ1v) is 6.89. The van der Waals surface area contributed by atoms with E-state index in [1.807, 2.05) is 5.38 Å². The molecular formula is C12H19F3N2S. The predicted molar refractivity (Wildman–Crippen MR) is 69.1 cm³/mol. The maximum Gasteiger partial charge on any atom is 0.390 e. The highest BCUT2D eigenvalue weighted by molar-refractivity contribution is 7.07. The maximum atomic E-state index is 12.0. The number of halogens is 3. The molecule has 1 aromatic heterocycles. The molecule has 0 aliphatic rings. The Bertz CT molecular complexity index is 312. The average Bonchev–Trinajstić information content (AvgIpc) is 2.78. The van der Waals surface area contributed by atoms with E-state index in [0.29, 0.717) is 6.54 Å². The Hall–Kier alpha value is -0.590. The molecule has 0 saturated heterocycles. The normalized spacial score (nSPS) is 12.3. The van der Waals surface area contributed by atoms with Gasteiger partial charge in [-0.15, -0.1) is 0 Å². The summed E-state index contributed by atoms with van der Waals surface area (Å²) in [6.07, 6.45) is -3.82. The van der Waals surface area contributed by atoms with Crippen molar-refractivity contribution >= 4 is 11.3 Å². The first kappa shape index (κ1) is 15.5. The van der Waals surface area contributed by atoms with Gasteiger partial charge in [0, 0.05) is 19.6 Å². The van der Waals surface area contributed by atoms with E-state index in [4.69, 9.17) is 0 Å². The second kappa shape index (κ2) is 7.76. The largest absolute Gasteiger partial charge is 0.390 e. The predicted octanol–water partition coefficient (Wildman–Crippen LogP) is 2.76. The van der Waals surface area contributed by atoms with Crippen LogP contribution in [0.5, 0.6) is 0 Å². The van der Waals surface area contributed by atoms with E-state index in [1.165, 1.54) is 5.56 Å². The van der Waals surface area contributed by atoms with Gasteiger partial charge < -0.3 is 10.2 Å². The van der Waals surface area contributed by atoms with Crippen LogP contribution in [-0.2, 0) is 6.42 Å². The lowest BCUT2D eigenvalue weighted by atomic mass is 10.2. The highest BCUT2D eigenvalue weighted by atomic mass is 32.1. The summed E-state index contributed by atoms with van der Waals surface area (Å²) in [5.74, 6) is 0. The lowest BCUT2D eigenvalue weighted by Crippen LogP contribution is -2.32. The minimum Gasteiger partial charge on any atom is -0.315 e. The van der Waals surface area contributed by atoms with Crippen molar-refractivity contribution in [2.45, 2.75) is 19.0 Å². The molecule has 0 spiro atoms. The highest BCUT2D eigenvalue weighted by Gasteiger charge is 2.26. The zero-order valence-electron chi connectivity index (χ0n) is 10.5. The minimum absolute atomic E-state index is 0.0652. The van der Waals surface area contributed by atoms with Gasteiger partial charge in [-0.1, -0.05) is 0 Å². The molecule has 1 rings (SSSR count). The van der Waals surface area contributed by atoms with Gasteiger partial charge in [0.2, 0.25) is 0 Å². The molecule has 0 fully saturated rings. The van der Waals surface area contributed by atoms with Crippen LogP contribution in [0.3, 0.4) is 0 Å². The van der Waals surface area contributed by atoms with Gasteiger partial charge in [-0.25, -0.2) is 0 Å². The number of nitrogens with zero attached hydrogens (tertiary/aromatic N) is 1. The van der Waals surface area contributed by atoms with E-state index in [1.54, 1.807) is 23.3 Å². The Balaban J connectivity index is 1.97. The third-order valence-electron chi connectivity index (χ3n) is 2.62. The first-order chi connectivity index (χ1) is 8.47. The molecule has 0 aliphatic heterocycles. The third kappa shape index (κ3) is 7.68. The van der Waals surface area contributed by atoms with Gasteiger partial charge in [0.1, 0.15) is 0 Å². The van der Waals surface area contributed by atoms with Crippen LogP contribution < -0.4 is 5.32 Å². The monoisotopic (exact) mass is 280 g/mol. The summed E-state index contributed by atoms with van der Waals surface area (Å²) < 4.78 is 35.9. The second-order valence-electron chi connectivity index (χ2n) is 4.30. The Morgan fingerprint density at radius 1 is 1.28 bits per heavy atom. The standard InChI is InChI=1S/C12H19F3N2S/c1-17(7-4-12(13,14)15)8-6-16-5-2-11-3-9-18-10-11/h3,9-10,16H,2,4-8H2,1H3. The maximum absolute atomic E-state index is 12.0. The van der Waals surface area contributed by atoms with Crippen molar-refractivity contribution in [2.24, 2.45) is 0 Å². The second-order valence-corrected chi connectivity index (χ2v) is 5.08. The third-order valence-corrected chi connectivity index (χ3v) is 3.35. The summed E-state index contributed by atoms with van der Waals surface area (Å²) in [5, 5.41) is 7.38. The fourth-order valence-electron chi connectivity index (χ4n) is 1.49. The van der Waals surface area contributed by atoms with Crippen LogP contribution in [0, 0.1) is 0 Å². The molecule has 0 aromatic carbocycles. The van der Waals surface area contributed by atoms with E-state index in [-0.39, 0.29) is 6.54 Å². The lowest BCUT2D eigenvalue weighted by Gasteiger charge is -2.17. The molecule has 0 amide bonds. The molecule has 6 heteroatoms. The van der Waals surface area contributed by atoms with Crippen molar-refractivity contribution in [3.05, 3.63) is 22.4 Å². The Morgan fingerprint density at radius 3 is 2.67 bits per heavy atom. The highest BCUT2D eigenvalue weighted by Crippen LogP contribution is 2.19. The van der Waals surface area contributed by atoms with Gasteiger partial charge in [-0.2, -0.15) is 24.5 Å². The van der Waals surface area contributed by atoms with Crippen LogP contribution in [0.15, 0.2) is 16.8 Å². The quantitative estimate of drug-likeness (QED) is 0.737. The number of thiophene rings is 1. The molecule has 104 valence electrons. The number of alkyl halides is 3. The summed E-state index contributed by atoms with van der Waals surface area (Å²) >= 11 is 1.67. The average molecular weight is 280 g/mol. The van der Waals surface area contributed by atoms with Crippen molar-refractivity contribution in [1.82, 2.24) is 10.2 Å². The molecule has 0 saturated carbocycles. The fraction of sp³-hybridized carbons (Fsp3) is 0.667. The Kier molecular flexibility index (Phi) is 6.67. The van der Waals surface area contributed by atoms with E-state index >= 15 is 0 Å². The van der Waals surface area contributed by atoms with Gasteiger partial charge in [-0.05, 0) is 42.4 Å². The van der Waals surface area contributed by atoms with E-state index < -0.39 is 12.6 Å². The topological polar surface area (TPSA) is 15.3 Å². The van der Waals surface area contributed by atoms with Gasteiger partial charge in [0.05, 0.1) is 6.42 Å². The van der Waals surface area contributed by atoms with E-state index in [2.05, 4.69) is 16.8 Å². The number of nitrogens with one attached hydrogen (secondary N) is 1. The SMILES string of the molecule is CN(CCNCCc1ccsc1)CCC(F)(F)F. The lowest BCUT2D eigenvalue weighted by molar-refractivity contribution is -0.137. The molecule has 0 aliphatic carbocycles. The van der Waals surface area contributed by atoms with Gasteiger partial charge in [0.25, 0.3) is 0 Å². The Labute approximate surface area is 110 Å². The first-order valence-electron chi connectivity index (χ1n) is 5.94.